The fourth-order valence-electron chi connectivity index (χ4n) is 1.70. The summed E-state index contributed by atoms with van der Waals surface area (Å²) in [7, 11) is -3.89. The van der Waals surface area contributed by atoms with Gasteiger partial charge < -0.3 is 5.11 Å². The molecule has 21 heavy (non-hydrogen) atoms. The van der Waals surface area contributed by atoms with Crippen LogP contribution in [0, 0.1) is 0 Å². The quantitative estimate of drug-likeness (QED) is 0.743. The molecule has 0 unspecified atom stereocenters. The van der Waals surface area contributed by atoms with E-state index in [1.807, 2.05) is 6.92 Å². The standard InChI is InChI=1S/C12H12BrN3O4S/c1-2-7-6-14-15-11(7)16-21(19,20)8-3-4-10(13)9(5-8)12(17)18/h3-6H,2H2,1H3,(H,17,18)(H2,14,15,16). The number of nitrogens with one attached hydrogen (secondary N) is 2. The average Bonchev–Trinajstić information content (AvgIpc) is 2.85. The van der Waals surface area contributed by atoms with Gasteiger partial charge in [-0.25, -0.2) is 13.2 Å². The number of hydrogen-bond acceptors (Lipinski definition) is 4. The second-order valence-electron chi connectivity index (χ2n) is 4.18. The molecule has 0 aliphatic heterocycles. The third-order valence-electron chi connectivity index (χ3n) is 2.81. The van der Waals surface area contributed by atoms with E-state index in [0.717, 1.165) is 6.07 Å². The van der Waals surface area contributed by atoms with E-state index in [1.165, 1.54) is 18.3 Å². The summed E-state index contributed by atoms with van der Waals surface area (Å²) in [6.07, 6.45) is 2.14. The van der Waals surface area contributed by atoms with Crippen molar-refractivity contribution in [3.05, 3.63) is 40.0 Å². The number of nitrogens with zero attached hydrogens (tertiary/aromatic N) is 1. The van der Waals surface area contributed by atoms with E-state index in [9.17, 15) is 13.2 Å². The number of rotatable bonds is 5. The molecule has 2 aromatic rings. The van der Waals surface area contributed by atoms with Crippen LogP contribution in [0.4, 0.5) is 5.82 Å². The lowest BCUT2D eigenvalue weighted by molar-refractivity contribution is 0.0695. The number of anilines is 1. The molecule has 0 bridgehead atoms. The van der Waals surface area contributed by atoms with Crippen LogP contribution in [0.1, 0.15) is 22.8 Å². The summed E-state index contributed by atoms with van der Waals surface area (Å²) < 4.78 is 27.2. The molecule has 0 saturated carbocycles. The third-order valence-corrected chi connectivity index (χ3v) is 4.85. The number of aromatic amines is 1. The highest BCUT2D eigenvalue weighted by molar-refractivity contribution is 9.10. The third kappa shape index (κ3) is 3.24. The minimum Gasteiger partial charge on any atom is -0.478 e. The maximum absolute atomic E-state index is 12.3. The maximum Gasteiger partial charge on any atom is 0.336 e. The molecule has 1 aromatic heterocycles. The van der Waals surface area contributed by atoms with Gasteiger partial charge in [-0.1, -0.05) is 6.92 Å². The van der Waals surface area contributed by atoms with Gasteiger partial charge in [0.15, 0.2) is 0 Å². The van der Waals surface area contributed by atoms with Crippen molar-refractivity contribution >= 4 is 37.7 Å². The fraction of sp³-hybridized carbons (Fsp3) is 0.167. The first-order valence-electron chi connectivity index (χ1n) is 5.93. The smallest absolute Gasteiger partial charge is 0.336 e. The van der Waals surface area contributed by atoms with Crippen LogP contribution < -0.4 is 4.72 Å². The zero-order valence-corrected chi connectivity index (χ0v) is 13.3. The number of halogens is 1. The first-order valence-corrected chi connectivity index (χ1v) is 8.20. The van der Waals surface area contributed by atoms with Gasteiger partial charge in [-0.15, -0.1) is 0 Å². The molecule has 0 amide bonds. The van der Waals surface area contributed by atoms with Crippen molar-refractivity contribution in [3.63, 3.8) is 0 Å². The second kappa shape index (κ2) is 5.86. The van der Waals surface area contributed by atoms with Gasteiger partial charge in [0.25, 0.3) is 10.0 Å². The van der Waals surface area contributed by atoms with Crippen LogP contribution in [0.25, 0.3) is 0 Å². The van der Waals surface area contributed by atoms with Crippen LogP contribution in [0.3, 0.4) is 0 Å². The predicted octanol–water partition coefficient (Wildman–Crippen LogP) is 2.23. The van der Waals surface area contributed by atoms with Crippen LogP contribution in [0.15, 0.2) is 33.8 Å². The topological polar surface area (TPSA) is 112 Å². The molecule has 2 rings (SSSR count). The number of carbonyl (C=O) groups is 1. The Bertz CT molecular complexity index is 786. The van der Waals surface area contributed by atoms with Crippen molar-refractivity contribution in [3.8, 4) is 0 Å². The molecule has 1 heterocycles. The van der Waals surface area contributed by atoms with Crippen molar-refractivity contribution in [1.29, 1.82) is 0 Å². The molecule has 0 saturated heterocycles. The Morgan fingerprint density at radius 3 is 2.81 bits per heavy atom. The van der Waals surface area contributed by atoms with Gasteiger partial charge >= 0.3 is 5.97 Å². The number of hydrogen-bond donors (Lipinski definition) is 3. The van der Waals surface area contributed by atoms with Gasteiger partial charge in [0, 0.05) is 10.0 Å². The Hall–Kier alpha value is -1.87. The molecule has 1 aromatic carbocycles. The van der Waals surface area contributed by atoms with Gasteiger partial charge in [-0.05, 0) is 40.5 Å². The number of aryl methyl sites for hydroxylation is 1. The van der Waals surface area contributed by atoms with E-state index < -0.39 is 16.0 Å². The number of carboxylic acids is 1. The first-order chi connectivity index (χ1) is 9.85. The molecular formula is C12H12BrN3O4S. The van der Waals surface area contributed by atoms with E-state index in [-0.39, 0.29) is 16.3 Å². The number of aromatic carboxylic acids is 1. The number of H-pyrrole nitrogens is 1. The highest BCUT2D eigenvalue weighted by Crippen LogP contribution is 2.23. The lowest BCUT2D eigenvalue weighted by Crippen LogP contribution is -2.15. The van der Waals surface area contributed by atoms with E-state index >= 15 is 0 Å². The van der Waals surface area contributed by atoms with Gasteiger partial charge in [0.05, 0.1) is 16.7 Å². The Balaban J connectivity index is 2.40. The molecule has 0 aliphatic carbocycles. The number of sulfonamides is 1. The zero-order chi connectivity index (χ0) is 15.6. The summed E-state index contributed by atoms with van der Waals surface area (Å²) >= 11 is 3.07. The van der Waals surface area contributed by atoms with Crippen molar-refractivity contribution in [2.75, 3.05) is 4.72 Å². The fourth-order valence-corrected chi connectivity index (χ4v) is 3.20. The molecule has 0 spiro atoms. The summed E-state index contributed by atoms with van der Waals surface area (Å²) in [4.78, 5) is 10.9. The zero-order valence-electron chi connectivity index (χ0n) is 10.9. The molecule has 3 N–H and O–H groups in total. The molecule has 0 aliphatic rings. The Kier molecular flexibility index (Phi) is 4.33. The van der Waals surface area contributed by atoms with Crippen LogP contribution in [0.5, 0.6) is 0 Å². The van der Waals surface area contributed by atoms with Crippen molar-refractivity contribution < 1.29 is 18.3 Å². The Labute approximate surface area is 129 Å². The molecule has 9 heteroatoms. The van der Waals surface area contributed by atoms with Crippen LogP contribution in [0.2, 0.25) is 0 Å². The highest BCUT2D eigenvalue weighted by atomic mass is 79.9. The minimum atomic E-state index is -3.89. The lowest BCUT2D eigenvalue weighted by atomic mass is 10.2. The minimum absolute atomic E-state index is 0.127. The second-order valence-corrected chi connectivity index (χ2v) is 6.71. The van der Waals surface area contributed by atoms with E-state index in [4.69, 9.17) is 5.11 Å². The molecule has 112 valence electrons. The van der Waals surface area contributed by atoms with Crippen molar-refractivity contribution in [2.24, 2.45) is 0 Å². The van der Waals surface area contributed by atoms with Crippen LogP contribution in [-0.4, -0.2) is 29.7 Å². The van der Waals surface area contributed by atoms with E-state index in [1.54, 1.807) is 0 Å². The molecule has 0 atom stereocenters. The largest absolute Gasteiger partial charge is 0.478 e. The first kappa shape index (κ1) is 15.5. The Morgan fingerprint density at radius 2 is 2.19 bits per heavy atom. The summed E-state index contributed by atoms with van der Waals surface area (Å²) in [5.74, 6) is -0.938. The molecule has 7 nitrogen and oxygen atoms in total. The number of aromatic nitrogens is 2. The summed E-state index contributed by atoms with van der Waals surface area (Å²) in [5, 5.41) is 15.4. The average molecular weight is 374 g/mol. The summed E-state index contributed by atoms with van der Waals surface area (Å²) in [5.41, 5.74) is 0.590. The predicted molar refractivity (Wildman–Crippen MR) is 79.9 cm³/mol. The maximum atomic E-state index is 12.3. The van der Waals surface area contributed by atoms with Crippen molar-refractivity contribution in [2.45, 2.75) is 18.2 Å². The van der Waals surface area contributed by atoms with E-state index in [2.05, 4.69) is 30.8 Å². The summed E-state index contributed by atoms with van der Waals surface area (Å²) in [6, 6.07) is 3.79. The lowest BCUT2D eigenvalue weighted by Gasteiger charge is -2.09. The molecule has 0 fully saturated rings. The van der Waals surface area contributed by atoms with Crippen LogP contribution >= 0.6 is 15.9 Å². The molecule has 0 radical (unpaired) electrons. The van der Waals surface area contributed by atoms with Gasteiger partial charge in [0.1, 0.15) is 5.82 Å². The highest BCUT2D eigenvalue weighted by Gasteiger charge is 2.20. The SMILES string of the molecule is CCc1cn[nH]c1NS(=O)(=O)c1ccc(Br)c(C(=O)O)c1. The monoisotopic (exact) mass is 373 g/mol. The Morgan fingerprint density at radius 1 is 1.48 bits per heavy atom. The molecular weight excluding hydrogens is 362 g/mol. The van der Waals surface area contributed by atoms with Crippen molar-refractivity contribution in [1.82, 2.24) is 10.2 Å². The van der Waals surface area contributed by atoms with Crippen LogP contribution in [-0.2, 0) is 16.4 Å². The van der Waals surface area contributed by atoms with Gasteiger partial charge in [0.2, 0.25) is 0 Å². The normalized spacial score (nSPS) is 11.3. The van der Waals surface area contributed by atoms with E-state index in [0.29, 0.717) is 16.5 Å². The number of benzene rings is 1. The summed E-state index contributed by atoms with van der Waals surface area (Å²) in [6.45, 7) is 1.87. The van der Waals surface area contributed by atoms with Gasteiger partial charge in [-0.2, -0.15) is 5.10 Å². The number of carboxylic acid groups (broad SMARTS) is 1. The van der Waals surface area contributed by atoms with Gasteiger partial charge in [-0.3, -0.25) is 9.82 Å².